The van der Waals surface area contributed by atoms with Crippen LogP contribution in [0.4, 0.5) is 5.69 Å². The second-order valence-corrected chi connectivity index (χ2v) is 13.6. The van der Waals surface area contributed by atoms with E-state index in [9.17, 15) is 0 Å². The molecule has 2 atom stereocenters. The number of hydrogen-bond donors (Lipinski definition) is 1. The van der Waals surface area contributed by atoms with Crippen molar-refractivity contribution in [1.29, 1.82) is 0 Å². The molecule has 2 unspecified atom stereocenters. The number of nitrogens with zero attached hydrogens (tertiary/aromatic N) is 3. The van der Waals surface area contributed by atoms with E-state index in [1.165, 1.54) is 16.7 Å². The van der Waals surface area contributed by atoms with Crippen molar-refractivity contribution in [3.8, 4) is 22.4 Å². The number of pyridine rings is 1. The van der Waals surface area contributed by atoms with Gasteiger partial charge in [0.2, 0.25) is 0 Å². The molecule has 0 aliphatic carbocycles. The maximum atomic E-state index is 5.49. The Bertz CT molecular complexity index is 1320. The summed E-state index contributed by atoms with van der Waals surface area (Å²) in [4.78, 5) is 7.21. The van der Waals surface area contributed by atoms with Crippen LogP contribution in [0, 0.1) is 0 Å². The fourth-order valence-corrected chi connectivity index (χ4v) is 9.50. The Labute approximate surface area is 218 Å². The van der Waals surface area contributed by atoms with Gasteiger partial charge in [0.05, 0.1) is 29.7 Å². The number of rotatable bonds is 6. The Balaban J connectivity index is 1.23. The number of morpholine rings is 1. The summed E-state index contributed by atoms with van der Waals surface area (Å²) in [6.45, 7) is 6.88. The Morgan fingerprint density at radius 2 is 1.80 bits per heavy atom. The number of thioether (sulfide) groups is 1. The first-order valence-corrected chi connectivity index (χ1v) is 15.1. The van der Waals surface area contributed by atoms with Crippen molar-refractivity contribution in [2.45, 2.75) is 22.8 Å². The lowest BCUT2D eigenvalue weighted by Crippen LogP contribution is -2.35. The van der Waals surface area contributed by atoms with Crippen LogP contribution < -0.4 is 5.32 Å². The van der Waals surface area contributed by atoms with Crippen molar-refractivity contribution in [3.63, 3.8) is 0 Å². The van der Waals surface area contributed by atoms with Gasteiger partial charge in [-0.05, 0) is 53.9 Å². The molecular weight excluding hydrogens is 493 g/mol. The fraction of sp³-hybridized carbons (Fsp3) is 0.296. The molecule has 2 aliphatic rings. The minimum Gasteiger partial charge on any atom is -0.379 e. The number of nitrogens with one attached hydrogen (secondary N) is 1. The van der Waals surface area contributed by atoms with Gasteiger partial charge in [-0.2, -0.15) is 0 Å². The normalized spacial score (nSPS) is 20.9. The highest BCUT2D eigenvalue weighted by molar-refractivity contribution is 8.82. The van der Waals surface area contributed by atoms with E-state index in [-0.39, 0.29) is 0 Å². The third kappa shape index (κ3) is 5.37. The first kappa shape index (κ1) is 23.3. The highest BCUT2D eigenvalue weighted by atomic mass is 33.1. The summed E-state index contributed by atoms with van der Waals surface area (Å²) in [7, 11) is 3.84. The SMILES string of the molecule is CC1SSC(Nc2cccc(-c3cnc4cc(-c5cccc(CN6CCOCC6)c5)ccn34)c2)S1. The van der Waals surface area contributed by atoms with E-state index in [0.717, 1.165) is 55.4 Å². The van der Waals surface area contributed by atoms with Gasteiger partial charge < -0.3 is 10.1 Å². The molecule has 35 heavy (non-hydrogen) atoms. The van der Waals surface area contributed by atoms with Crippen LogP contribution in [0.2, 0.25) is 0 Å². The summed E-state index contributed by atoms with van der Waals surface area (Å²) in [5.74, 6) is 0. The topological polar surface area (TPSA) is 41.8 Å². The first-order chi connectivity index (χ1) is 17.2. The summed E-state index contributed by atoms with van der Waals surface area (Å²) in [5.41, 5.74) is 8.13. The van der Waals surface area contributed by atoms with E-state index >= 15 is 0 Å². The van der Waals surface area contributed by atoms with Gasteiger partial charge in [-0.15, -0.1) is 11.8 Å². The average molecular weight is 521 g/mol. The highest BCUT2D eigenvalue weighted by Gasteiger charge is 2.23. The number of aromatic nitrogens is 2. The molecule has 2 aliphatic heterocycles. The maximum absolute atomic E-state index is 5.49. The van der Waals surface area contributed by atoms with E-state index in [0.29, 0.717) is 9.29 Å². The monoisotopic (exact) mass is 520 g/mol. The second-order valence-electron chi connectivity index (χ2n) is 8.83. The quantitative estimate of drug-likeness (QED) is 0.285. The van der Waals surface area contributed by atoms with Gasteiger partial charge in [0.1, 0.15) is 10.4 Å². The van der Waals surface area contributed by atoms with Crippen LogP contribution in [0.1, 0.15) is 12.5 Å². The van der Waals surface area contributed by atoms with E-state index in [1.807, 2.05) is 39.5 Å². The molecule has 0 amide bonds. The lowest BCUT2D eigenvalue weighted by atomic mass is 10.0. The van der Waals surface area contributed by atoms with Crippen molar-refractivity contribution in [1.82, 2.24) is 14.3 Å². The number of imidazole rings is 1. The van der Waals surface area contributed by atoms with Crippen LogP contribution in [-0.2, 0) is 11.3 Å². The van der Waals surface area contributed by atoms with Gasteiger partial charge >= 0.3 is 0 Å². The minimum atomic E-state index is 0.383. The number of hydrogen-bond acceptors (Lipinski definition) is 7. The van der Waals surface area contributed by atoms with E-state index < -0.39 is 0 Å². The average Bonchev–Trinajstić information content (AvgIpc) is 3.50. The van der Waals surface area contributed by atoms with Crippen LogP contribution in [0.5, 0.6) is 0 Å². The van der Waals surface area contributed by atoms with Crippen molar-refractivity contribution in [3.05, 3.63) is 78.6 Å². The molecule has 0 bridgehead atoms. The molecule has 2 saturated heterocycles. The van der Waals surface area contributed by atoms with Gasteiger partial charge in [0, 0.05) is 37.1 Å². The predicted octanol–water partition coefficient (Wildman–Crippen LogP) is 6.67. The van der Waals surface area contributed by atoms with Crippen molar-refractivity contribution in [2.75, 3.05) is 31.6 Å². The Hall–Kier alpha value is -2.10. The van der Waals surface area contributed by atoms with E-state index in [1.54, 1.807) is 0 Å². The Morgan fingerprint density at radius 3 is 2.66 bits per heavy atom. The molecular formula is C27H28N4OS3. The molecule has 6 rings (SSSR count). The third-order valence-corrected chi connectivity index (χ3v) is 11.5. The van der Waals surface area contributed by atoms with Gasteiger partial charge in [0.15, 0.2) is 0 Å². The highest BCUT2D eigenvalue weighted by Crippen LogP contribution is 2.50. The van der Waals surface area contributed by atoms with Crippen molar-refractivity contribution in [2.24, 2.45) is 0 Å². The molecule has 5 nitrogen and oxygen atoms in total. The summed E-state index contributed by atoms with van der Waals surface area (Å²) < 4.78 is 8.67. The molecule has 0 radical (unpaired) electrons. The molecule has 2 fully saturated rings. The number of ether oxygens (including phenoxy) is 1. The molecule has 8 heteroatoms. The van der Waals surface area contributed by atoms with Gasteiger partial charge in [0.25, 0.3) is 0 Å². The van der Waals surface area contributed by atoms with Crippen molar-refractivity contribution >= 4 is 44.7 Å². The van der Waals surface area contributed by atoms with Crippen LogP contribution in [0.15, 0.2) is 73.1 Å². The maximum Gasteiger partial charge on any atom is 0.137 e. The molecule has 2 aromatic carbocycles. The standard InChI is InChI=1S/C27H28N4OS3/c1-19-33-27(35-34-19)29-24-7-3-6-23(15-24)25-17-28-26-16-22(8-9-31(25)26)21-5-2-4-20(14-21)18-30-10-12-32-13-11-30/h2-9,14-17,19,27,29H,10-13,18H2,1H3. The minimum absolute atomic E-state index is 0.383. The summed E-state index contributed by atoms with van der Waals surface area (Å²) in [5, 5.41) is 3.65. The summed E-state index contributed by atoms with van der Waals surface area (Å²) in [6.07, 6.45) is 4.12. The summed E-state index contributed by atoms with van der Waals surface area (Å²) in [6, 6.07) is 21.9. The largest absolute Gasteiger partial charge is 0.379 e. The second kappa shape index (κ2) is 10.5. The lowest BCUT2D eigenvalue weighted by molar-refractivity contribution is 0.0342. The Kier molecular flexibility index (Phi) is 6.98. The molecule has 1 N–H and O–H groups in total. The zero-order valence-electron chi connectivity index (χ0n) is 19.6. The molecule has 4 heterocycles. The zero-order valence-corrected chi connectivity index (χ0v) is 22.0. The van der Waals surface area contributed by atoms with E-state index in [2.05, 4.69) is 88.4 Å². The lowest BCUT2D eigenvalue weighted by Gasteiger charge is -2.26. The van der Waals surface area contributed by atoms with Gasteiger partial charge in [-0.25, -0.2) is 4.98 Å². The number of anilines is 1. The Morgan fingerprint density at radius 1 is 0.971 bits per heavy atom. The van der Waals surface area contributed by atoms with Crippen molar-refractivity contribution < 1.29 is 4.74 Å². The zero-order chi connectivity index (χ0) is 23.6. The molecule has 180 valence electrons. The van der Waals surface area contributed by atoms with Gasteiger partial charge in [-0.3, -0.25) is 9.30 Å². The van der Waals surface area contributed by atoms with Crippen LogP contribution in [-0.4, -0.2) is 49.9 Å². The third-order valence-electron chi connectivity index (χ3n) is 6.32. The van der Waals surface area contributed by atoms with Crippen LogP contribution in [0.3, 0.4) is 0 Å². The molecule has 0 saturated carbocycles. The summed E-state index contributed by atoms with van der Waals surface area (Å²) >= 11 is 1.97. The number of benzene rings is 2. The molecule has 4 aromatic rings. The first-order valence-electron chi connectivity index (χ1n) is 11.9. The molecule has 2 aromatic heterocycles. The van der Waals surface area contributed by atoms with E-state index in [4.69, 9.17) is 9.72 Å². The predicted molar refractivity (Wildman–Crippen MR) is 152 cm³/mol. The van der Waals surface area contributed by atoms with Crippen LogP contribution >= 0.6 is 33.3 Å². The fourth-order valence-electron chi connectivity index (χ4n) is 4.55. The smallest absolute Gasteiger partial charge is 0.137 e. The van der Waals surface area contributed by atoms with Gasteiger partial charge in [-0.1, -0.05) is 51.9 Å². The van der Waals surface area contributed by atoms with Crippen LogP contribution in [0.25, 0.3) is 28.0 Å². The number of fused-ring (bicyclic) bond motifs is 1. The molecule has 0 spiro atoms.